The molecule has 18 heavy (non-hydrogen) atoms. The molecule has 4 nitrogen and oxygen atoms in total. The number of amides is 1. The third-order valence-corrected chi connectivity index (χ3v) is 3.68. The largest absolute Gasteiger partial charge is 0.352 e. The lowest BCUT2D eigenvalue weighted by molar-refractivity contribution is 0.0952. The minimum Gasteiger partial charge on any atom is -0.352 e. The van der Waals surface area contributed by atoms with E-state index in [1.807, 2.05) is 0 Å². The predicted octanol–water partition coefficient (Wildman–Crippen LogP) is 1.87. The smallest absolute Gasteiger partial charge is 0.251 e. The van der Waals surface area contributed by atoms with Gasteiger partial charge in [-0.2, -0.15) is 0 Å². The first kappa shape index (κ1) is 14.7. The molecule has 5 heteroatoms. The van der Waals surface area contributed by atoms with Crippen LogP contribution in [-0.4, -0.2) is 27.1 Å². The van der Waals surface area contributed by atoms with Crippen molar-refractivity contribution >= 4 is 15.7 Å². The Kier molecular flexibility index (Phi) is 4.90. The molecule has 0 saturated heterocycles. The molecule has 0 fully saturated rings. The van der Waals surface area contributed by atoms with Crippen molar-refractivity contribution in [3.05, 3.63) is 29.8 Å². The Morgan fingerprint density at radius 2 is 1.78 bits per heavy atom. The van der Waals surface area contributed by atoms with E-state index in [1.165, 1.54) is 24.3 Å². The first-order valence-electron chi connectivity index (χ1n) is 5.89. The summed E-state index contributed by atoms with van der Waals surface area (Å²) >= 11 is 0. The molecule has 1 aromatic carbocycles. The standard InChI is InChI=1S/C13H19NO3S/c1-10(2)8-9-14-13(15)11-4-6-12(7-5-11)18(3,16)17/h4-7,10H,8-9H2,1-3H3,(H,14,15). The molecule has 100 valence electrons. The Hall–Kier alpha value is -1.36. The number of benzene rings is 1. The number of carbonyl (C=O) groups excluding carboxylic acids is 1. The molecule has 0 bridgehead atoms. The van der Waals surface area contributed by atoms with E-state index < -0.39 is 9.84 Å². The van der Waals surface area contributed by atoms with Gasteiger partial charge in [-0.3, -0.25) is 4.79 Å². The maximum Gasteiger partial charge on any atom is 0.251 e. The lowest BCUT2D eigenvalue weighted by Gasteiger charge is -2.07. The van der Waals surface area contributed by atoms with Crippen LogP contribution in [0.3, 0.4) is 0 Å². The molecule has 0 aliphatic carbocycles. The Bertz CT molecular complexity index is 504. The Morgan fingerprint density at radius 1 is 1.22 bits per heavy atom. The highest BCUT2D eigenvalue weighted by atomic mass is 32.2. The van der Waals surface area contributed by atoms with Crippen LogP contribution in [0.2, 0.25) is 0 Å². The van der Waals surface area contributed by atoms with Gasteiger partial charge in [0, 0.05) is 18.4 Å². The summed E-state index contributed by atoms with van der Waals surface area (Å²) < 4.78 is 22.5. The minimum atomic E-state index is -3.21. The van der Waals surface area contributed by atoms with Crippen molar-refractivity contribution in [3.63, 3.8) is 0 Å². The van der Waals surface area contributed by atoms with E-state index in [9.17, 15) is 13.2 Å². The van der Waals surface area contributed by atoms with E-state index in [4.69, 9.17) is 0 Å². The summed E-state index contributed by atoms with van der Waals surface area (Å²) in [5.74, 6) is 0.369. The van der Waals surface area contributed by atoms with Gasteiger partial charge < -0.3 is 5.32 Å². The molecular weight excluding hydrogens is 250 g/mol. The zero-order valence-electron chi connectivity index (χ0n) is 10.9. The Morgan fingerprint density at radius 3 is 2.22 bits per heavy atom. The second-order valence-electron chi connectivity index (χ2n) is 4.73. The molecule has 0 unspecified atom stereocenters. The average molecular weight is 269 g/mol. The highest BCUT2D eigenvalue weighted by Gasteiger charge is 2.09. The summed E-state index contributed by atoms with van der Waals surface area (Å²) in [6, 6.07) is 5.96. The number of nitrogens with one attached hydrogen (secondary N) is 1. The quantitative estimate of drug-likeness (QED) is 0.887. The van der Waals surface area contributed by atoms with Crippen molar-refractivity contribution in [2.24, 2.45) is 5.92 Å². The molecule has 0 saturated carbocycles. The molecule has 1 amide bonds. The molecule has 0 aliphatic rings. The van der Waals surface area contributed by atoms with Crippen molar-refractivity contribution in [1.29, 1.82) is 0 Å². The molecule has 0 aromatic heterocycles. The molecule has 0 radical (unpaired) electrons. The molecular formula is C13H19NO3S. The zero-order chi connectivity index (χ0) is 13.8. The lowest BCUT2D eigenvalue weighted by Crippen LogP contribution is -2.25. The van der Waals surface area contributed by atoms with Gasteiger partial charge >= 0.3 is 0 Å². The van der Waals surface area contributed by atoms with Crippen molar-refractivity contribution in [3.8, 4) is 0 Å². The average Bonchev–Trinajstić information content (AvgIpc) is 2.27. The number of sulfone groups is 1. The van der Waals surface area contributed by atoms with Crippen LogP contribution in [0.15, 0.2) is 29.2 Å². The van der Waals surface area contributed by atoms with Crippen molar-refractivity contribution < 1.29 is 13.2 Å². The van der Waals surface area contributed by atoms with Crippen LogP contribution in [0.5, 0.6) is 0 Å². The monoisotopic (exact) mass is 269 g/mol. The van der Waals surface area contributed by atoms with Gasteiger partial charge in [-0.05, 0) is 36.6 Å². The molecule has 1 aromatic rings. The second kappa shape index (κ2) is 6.00. The molecule has 0 spiro atoms. The van der Waals surface area contributed by atoms with Crippen molar-refractivity contribution in [1.82, 2.24) is 5.32 Å². The van der Waals surface area contributed by atoms with Crippen LogP contribution in [-0.2, 0) is 9.84 Å². The van der Waals surface area contributed by atoms with E-state index in [1.54, 1.807) is 0 Å². The number of hydrogen-bond acceptors (Lipinski definition) is 3. The third kappa shape index (κ3) is 4.49. The topological polar surface area (TPSA) is 63.2 Å². The maximum absolute atomic E-state index is 11.7. The van der Waals surface area contributed by atoms with Gasteiger partial charge in [0.1, 0.15) is 0 Å². The van der Waals surface area contributed by atoms with Gasteiger partial charge in [0.25, 0.3) is 5.91 Å². The van der Waals surface area contributed by atoms with Gasteiger partial charge in [0.15, 0.2) is 9.84 Å². The van der Waals surface area contributed by atoms with E-state index in [0.717, 1.165) is 12.7 Å². The Balaban J connectivity index is 2.65. The van der Waals surface area contributed by atoms with Crippen molar-refractivity contribution in [2.75, 3.05) is 12.8 Å². The third-order valence-electron chi connectivity index (χ3n) is 2.55. The highest BCUT2D eigenvalue weighted by Crippen LogP contribution is 2.10. The summed E-state index contributed by atoms with van der Waals surface area (Å²) in [6.07, 6.45) is 2.07. The molecule has 1 N–H and O–H groups in total. The van der Waals surface area contributed by atoms with E-state index >= 15 is 0 Å². The lowest BCUT2D eigenvalue weighted by atomic mass is 10.1. The van der Waals surface area contributed by atoms with Gasteiger partial charge in [-0.1, -0.05) is 13.8 Å². The van der Waals surface area contributed by atoms with E-state index in [-0.39, 0.29) is 10.8 Å². The van der Waals surface area contributed by atoms with Crippen LogP contribution >= 0.6 is 0 Å². The molecule has 0 heterocycles. The van der Waals surface area contributed by atoms with Crippen LogP contribution in [0.1, 0.15) is 30.6 Å². The Labute approximate surface area is 108 Å². The summed E-state index contributed by atoms with van der Waals surface area (Å²) in [4.78, 5) is 11.9. The SMILES string of the molecule is CC(C)CCNC(=O)c1ccc(S(C)(=O)=O)cc1. The van der Waals surface area contributed by atoms with Gasteiger partial charge in [0.2, 0.25) is 0 Å². The number of hydrogen-bond donors (Lipinski definition) is 1. The van der Waals surface area contributed by atoms with Crippen LogP contribution in [0.25, 0.3) is 0 Å². The van der Waals surface area contributed by atoms with Gasteiger partial charge in [-0.25, -0.2) is 8.42 Å². The van der Waals surface area contributed by atoms with Crippen LogP contribution in [0.4, 0.5) is 0 Å². The summed E-state index contributed by atoms with van der Waals surface area (Å²) in [7, 11) is -3.21. The molecule has 1 rings (SSSR count). The van der Waals surface area contributed by atoms with Gasteiger partial charge in [-0.15, -0.1) is 0 Å². The highest BCUT2D eigenvalue weighted by molar-refractivity contribution is 7.90. The molecule has 0 atom stereocenters. The first-order valence-corrected chi connectivity index (χ1v) is 7.78. The summed E-state index contributed by atoms with van der Waals surface area (Å²) in [6.45, 7) is 4.81. The fraction of sp³-hybridized carbons (Fsp3) is 0.462. The summed E-state index contributed by atoms with van der Waals surface area (Å²) in [5.41, 5.74) is 0.478. The first-order chi connectivity index (χ1) is 8.30. The van der Waals surface area contributed by atoms with E-state index in [2.05, 4.69) is 19.2 Å². The minimum absolute atomic E-state index is 0.171. The van der Waals surface area contributed by atoms with Gasteiger partial charge in [0.05, 0.1) is 4.90 Å². The second-order valence-corrected chi connectivity index (χ2v) is 6.75. The van der Waals surface area contributed by atoms with E-state index in [0.29, 0.717) is 18.0 Å². The zero-order valence-corrected chi connectivity index (χ0v) is 11.8. The van der Waals surface area contributed by atoms with Crippen LogP contribution in [0, 0.1) is 5.92 Å². The van der Waals surface area contributed by atoms with Crippen molar-refractivity contribution in [2.45, 2.75) is 25.2 Å². The number of rotatable bonds is 5. The maximum atomic E-state index is 11.7. The fourth-order valence-electron chi connectivity index (χ4n) is 1.43. The predicted molar refractivity (Wildman–Crippen MR) is 71.3 cm³/mol. The fourth-order valence-corrected chi connectivity index (χ4v) is 2.06. The summed E-state index contributed by atoms with van der Waals surface area (Å²) in [5, 5.41) is 2.80. The van der Waals surface area contributed by atoms with Crippen LogP contribution < -0.4 is 5.32 Å². The normalized spacial score (nSPS) is 11.6. The number of carbonyl (C=O) groups is 1. The molecule has 0 aliphatic heterocycles.